The third-order valence-corrected chi connectivity index (χ3v) is 6.03. The number of hydrogen-bond acceptors (Lipinski definition) is 5. The molecule has 2 N–H and O–H groups in total. The number of thiazole rings is 1. The van der Waals surface area contributed by atoms with E-state index in [1.807, 2.05) is 22.0 Å². The summed E-state index contributed by atoms with van der Waals surface area (Å²) in [6, 6.07) is 9.16. The lowest BCUT2D eigenvalue weighted by atomic mass is 10.2. The zero-order chi connectivity index (χ0) is 17.7. The molecule has 2 amide bonds. The molecule has 130 valence electrons. The summed E-state index contributed by atoms with van der Waals surface area (Å²) in [7, 11) is 0. The zero-order valence-electron chi connectivity index (χ0n) is 13.6. The van der Waals surface area contributed by atoms with Crippen LogP contribution >= 0.6 is 22.7 Å². The van der Waals surface area contributed by atoms with Gasteiger partial charge in [-0.3, -0.25) is 14.0 Å². The van der Waals surface area contributed by atoms with Gasteiger partial charge in [0.25, 0.3) is 11.8 Å². The maximum Gasteiger partial charge on any atom is 0.265 e. The van der Waals surface area contributed by atoms with Crippen molar-refractivity contribution in [2.24, 2.45) is 0 Å². The maximum absolute atomic E-state index is 12.6. The van der Waals surface area contributed by atoms with E-state index in [0.29, 0.717) is 22.2 Å². The first-order chi connectivity index (χ1) is 12.7. The third-order valence-electron chi connectivity index (χ3n) is 4.26. The molecule has 8 heteroatoms. The van der Waals surface area contributed by atoms with Crippen LogP contribution in [0.3, 0.4) is 0 Å². The molecule has 1 saturated carbocycles. The fourth-order valence-electron chi connectivity index (χ4n) is 2.79. The number of anilines is 1. The van der Waals surface area contributed by atoms with Crippen molar-refractivity contribution in [1.82, 2.24) is 14.7 Å². The second kappa shape index (κ2) is 5.93. The van der Waals surface area contributed by atoms with Crippen LogP contribution in [0.4, 0.5) is 5.69 Å². The number of carbonyl (C=O) groups is 2. The Morgan fingerprint density at radius 3 is 2.92 bits per heavy atom. The number of benzene rings is 1. The molecule has 1 aromatic carbocycles. The van der Waals surface area contributed by atoms with Crippen LogP contribution in [0, 0.1) is 0 Å². The van der Waals surface area contributed by atoms with Gasteiger partial charge in [0.05, 0.1) is 10.4 Å². The molecule has 1 aliphatic carbocycles. The van der Waals surface area contributed by atoms with Gasteiger partial charge in [-0.2, -0.15) is 0 Å². The maximum atomic E-state index is 12.6. The second-order valence-corrected chi connectivity index (χ2v) is 8.15. The van der Waals surface area contributed by atoms with Crippen LogP contribution in [0.1, 0.15) is 32.9 Å². The van der Waals surface area contributed by atoms with Gasteiger partial charge in [-0.1, -0.05) is 6.07 Å². The molecule has 5 rings (SSSR count). The molecule has 3 heterocycles. The Kier molecular flexibility index (Phi) is 3.54. The van der Waals surface area contributed by atoms with Crippen molar-refractivity contribution >= 4 is 55.5 Å². The molecule has 0 radical (unpaired) electrons. The molecule has 0 saturated heterocycles. The number of imidazole rings is 1. The molecule has 26 heavy (non-hydrogen) atoms. The Bertz CT molecular complexity index is 1150. The fourth-order valence-corrected chi connectivity index (χ4v) is 4.48. The Morgan fingerprint density at radius 2 is 2.08 bits per heavy atom. The van der Waals surface area contributed by atoms with Crippen molar-refractivity contribution in [3.8, 4) is 0 Å². The minimum atomic E-state index is -0.197. The topological polar surface area (TPSA) is 75.5 Å². The van der Waals surface area contributed by atoms with Gasteiger partial charge in [0.15, 0.2) is 4.96 Å². The highest BCUT2D eigenvalue weighted by Crippen LogP contribution is 2.29. The summed E-state index contributed by atoms with van der Waals surface area (Å²) < 4.78 is 1.98. The quantitative estimate of drug-likeness (QED) is 0.564. The average Bonchev–Trinajstić information content (AvgIpc) is 3.03. The molecule has 1 aliphatic rings. The predicted molar refractivity (Wildman–Crippen MR) is 103 cm³/mol. The van der Waals surface area contributed by atoms with Gasteiger partial charge in [0, 0.05) is 28.9 Å². The first kappa shape index (κ1) is 15.5. The molecule has 3 aromatic heterocycles. The van der Waals surface area contributed by atoms with E-state index in [1.54, 1.807) is 35.6 Å². The molecule has 4 aromatic rings. The molecule has 0 atom stereocenters. The molecule has 6 nitrogen and oxygen atoms in total. The van der Waals surface area contributed by atoms with Gasteiger partial charge in [0.2, 0.25) is 0 Å². The standard InChI is InChI=1S/C18H14N4O2S2/c23-15(19-11-4-5-11)10-2-1-3-12(8-10)20-16(24)14-9-13-17(26-14)21-18-22(13)6-7-25-18/h1-3,6-9,11H,4-5H2,(H,19,23)(H,20,24). The van der Waals surface area contributed by atoms with Gasteiger partial charge in [-0.15, -0.1) is 22.7 Å². The highest BCUT2D eigenvalue weighted by molar-refractivity contribution is 7.21. The van der Waals surface area contributed by atoms with E-state index in [2.05, 4.69) is 15.6 Å². The Hall–Kier alpha value is -2.71. The number of thiophene rings is 1. The molecular formula is C18H14N4O2S2. The summed E-state index contributed by atoms with van der Waals surface area (Å²) in [5.74, 6) is -0.296. The van der Waals surface area contributed by atoms with E-state index in [1.165, 1.54) is 11.3 Å². The lowest BCUT2D eigenvalue weighted by Crippen LogP contribution is -2.25. The summed E-state index contributed by atoms with van der Waals surface area (Å²) in [4.78, 5) is 31.6. The van der Waals surface area contributed by atoms with Crippen molar-refractivity contribution in [2.45, 2.75) is 18.9 Å². The Labute approximate surface area is 156 Å². The van der Waals surface area contributed by atoms with E-state index < -0.39 is 0 Å². The van der Waals surface area contributed by atoms with Crippen molar-refractivity contribution < 1.29 is 9.59 Å². The second-order valence-electron chi connectivity index (χ2n) is 6.25. The SMILES string of the molecule is O=C(NC1CC1)c1cccc(NC(=O)c2cc3c(nc4sccn43)s2)c1. The van der Waals surface area contributed by atoms with Gasteiger partial charge >= 0.3 is 0 Å². The average molecular weight is 382 g/mol. The molecule has 0 bridgehead atoms. The molecule has 0 unspecified atom stereocenters. The van der Waals surface area contributed by atoms with Crippen LogP contribution < -0.4 is 10.6 Å². The number of nitrogens with one attached hydrogen (secondary N) is 2. The molecule has 0 spiro atoms. The van der Waals surface area contributed by atoms with Crippen LogP contribution in [-0.2, 0) is 0 Å². The lowest BCUT2D eigenvalue weighted by molar-refractivity contribution is 0.0949. The van der Waals surface area contributed by atoms with E-state index >= 15 is 0 Å². The number of fused-ring (bicyclic) bond motifs is 3. The number of carbonyl (C=O) groups excluding carboxylic acids is 2. The predicted octanol–water partition coefficient (Wildman–Crippen LogP) is 3.76. The fraction of sp³-hybridized carbons (Fsp3) is 0.167. The Balaban J connectivity index is 1.37. The summed E-state index contributed by atoms with van der Waals surface area (Å²) >= 11 is 2.93. The number of aromatic nitrogens is 2. The van der Waals surface area contributed by atoms with Crippen LogP contribution in [0.15, 0.2) is 41.9 Å². The summed E-state index contributed by atoms with van der Waals surface area (Å²) in [6.45, 7) is 0. The van der Waals surface area contributed by atoms with Crippen molar-refractivity contribution in [2.75, 3.05) is 5.32 Å². The largest absolute Gasteiger partial charge is 0.349 e. The third kappa shape index (κ3) is 2.77. The number of rotatable bonds is 4. The first-order valence-electron chi connectivity index (χ1n) is 8.25. The summed E-state index contributed by atoms with van der Waals surface area (Å²) in [6.07, 6.45) is 4.03. The monoisotopic (exact) mass is 382 g/mol. The lowest BCUT2D eigenvalue weighted by Gasteiger charge is -2.07. The normalized spacial score (nSPS) is 14.0. The van der Waals surface area contributed by atoms with Crippen molar-refractivity contribution in [3.63, 3.8) is 0 Å². The smallest absolute Gasteiger partial charge is 0.265 e. The van der Waals surface area contributed by atoms with Gasteiger partial charge < -0.3 is 10.6 Å². The minimum Gasteiger partial charge on any atom is -0.349 e. The van der Waals surface area contributed by atoms with E-state index in [-0.39, 0.29) is 11.8 Å². The highest BCUT2D eigenvalue weighted by atomic mass is 32.1. The van der Waals surface area contributed by atoms with Gasteiger partial charge in [-0.25, -0.2) is 4.98 Å². The molecular weight excluding hydrogens is 368 g/mol. The van der Waals surface area contributed by atoms with Crippen molar-refractivity contribution in [3.05, 3.63) is 52.3 Å². The van der Waals surface area contributed by atoms with Crippen LogP contribution in [0.25, 0.3) is 15.3 Å². The molecule has 0 aliphatic heterocycles. The van der Waals surface area contributed by atoms with E-state index in [9.17, 15) is 9.59 Å². The highest BCUT2D eigenvalue weighted by Gasteiger charge is 2.24. The van der Waals surface area contributed by atoms with Gasteiger partial charge in [-0.05, 0) is 37.1 Å². The zero-order valence-corrected chi connectivity index (χ0v) is 15.2. The molecule has 1 fully saturated rings. The summed E-state index contributed by atoms with van der Waals surface area (Å²) in [5, 5.41) is 7.79. The van der Waals surface area contributed by atoms with Crippen LogP contribution in [0.2, 0.25) is 0 Å². The van der Waals surface area contributed by atoms with Gasteiger partial charge in [0.1, 0.15) is 4.83 Å². The number of nitrogens with zero attached hydrogens (tertiary/aromatic N) is 2. The van der Waals surface area contributed by atoms with Crippen LogP contribution in [0.5, 0.6) is 0 Å². The first-order valence-corrected chi connectivity index (χ1v) is 9.94. The van der Waals surface area contributed by atoms with E-state index in [0.717, 1.165) is 28.1 Å². The number of hydrogen-bond donors (Lipinski definition) is 2. The van der Waals surface area contributed by atoms with Crippen molar-refractivity contribution in [1.29, 1.82) is 0 Å². The van der Waals surface area contributed by atoms with Crippen LogP contribution in [-0.4, -0.2) is 27.2 Å². The Morgan fingerprint density at radius 1 is 1.19 bits per heavy atom. The minimum absolute atomic E-state index is 0.0983. The van der Waals surface area contributed by atoms with E-state index in [4.69, 9.17) is 0 Å². The number of amides is 2. The summed E-state index contributed by atoms with van der Waals surface area (Å²) in [5.41, 5.74) is 2.10.